The Labute approximate surface area is 102 Å². The van der Waals surface area contributed by atoms with Gasteiger partial charge >= 0.3 is 0 Å². The molecule has 0 bridgehead atoms. The average Bonchev–Trinajstić information content (AvgIpc) is 2.70. The largest absolute Gasteiger partial charge is 0.389 e. The number of aliphatic hydroxyl groups excluding tert-OH is 1. The molecule has 100 valence electrons. The van der Waals surface area contributed by atoms with Crippen LogP contribution in [0.15, 0.2) is 0 Å². The monoisotopic (exact) mass is 246 g/mol. The van der Waals surface area contributed by atoms with Crippen molar-refractivity contribution in [3.63, 3.8) is 0 Å². The van der Waals surface area contributed by atoms with E-state index in [1.807, 2.05) is 6.92 Å². The van der Waals surface area contributed by atoms with Gasteiger partial charge in [0.1, 0.15) is 0 Å². The van der Waals surface area contributed by atoms with Crippen molar-refractivity contribution in [2.75, 3.05) is 33.4 Å². The quantitative estimate of drug-likeness (QED) is 0.505. The van der Waals surface area contributed by atoms with Crippen LogP contribution in [0.25, 0.3) is 0 Å². The average molecular weight is 246 g/mol. The Bertz CT molecular complexity index is 238. The summed E-state index contributed by atoms with van der Waals surface area (Å²) in [4.78, 5) is 10.9. The lowest BCUT2D eigenvalue weighted by Gasteiger charge is -2.18. The van der Waals surface area contributed by atoms with E-state index >= 15 is 0 Å². The zero-order valence-electron chi connectivity index (χ0n) is 10.4. The maximum atomic E-state index is 10.9. The first-order valence-electron chi connectivity index (χ1n) is 5.90. The van der Waals surface area contributed by atoms with E-state index in [-0.39, 0.29) is 24.7 Å². The number of hydrogen-bond donors (Lipinski definition) is 3. The molecule has 0 aromatic heterocycles. The molecular weight excluding hydrogens is 224 g/mol. The van der Waals surface area contributed by atoms with Gasteiger partial charge in [0.2, 0.25) is 5.91 Å². The minimum atomic E-state index is -0.565. The van der Waals surface area contributed by atoms with Crippen molar-refractivity contribution in [1.82, 2.24) is 10.6 Å². The van der Waals surface area contributed by atoms with Crippen molar-refractivity contribution in [2.45, 2.75) is 31.6 Å². The number of rotatable bonds is 8. The first-order chi connectivity index (χ1) is 8.11. The Morgan fingerprint density at radius 1 is 1.59 bits per heavy atom. The highest BCUT2D eigenvalue weighted by atomic mass is 16.5. The fraction of sp³-hybridized carbons (Fsp3) is 0.909. The van der Waals surface area contributed by atoms with Gasteiger partial charge in [-0.15, -0.1) is 0 Å². The summed E-state index contributed by atoms with van der Waals surface area (Å²) in [6, 6.07) is 0.119. The van der Waals surface area contributed by atoms with Crippen LogP contribution < -0.4 is 10.6 Å². The highest BCUT2D eigenvalue weighted by Gasteiger charge is 2.21. The predicted molar refractivity (Wildman–Crippen MR) is 62.7 cm³/mol. The van der Waals surface area contributed by atoms with Crippen LogP contribution in [-0.4, -0.2) is 62.7 Å². The molecule has 1 aliphatic rings. The fourth-order valence-corrected chi connectivity index (χ4v) is 1.67. The van der Waals surface area contributed by atoms with Crippen molar-refractivity contribution >= 4 is 5.91 Å². The van der Waals surface area contributed by atoms with E-state index in [2.05, 4.69) is 10.6 Å². The minimum absolute atomic E-state index is 0.0237. The van der Waals surface area contributed by atoms with E-state index in [0.29, 0.717) is 26.1 Å². The molecule has 0 radical (unpaired) electrons. The second kappa shape index (κ2) is 7.60. The van der Waals surface area contributed by atoms with E-state index in [0.717, 1.165) is 0 Å². The molecule has 1 fully saturated rings. The van der Waals surface area contributed by atoms with Crippen molar-refractivity contribution in [3.8, 4) is 0 Å². The van der Waals surface area contributed by atoms with Gasteiger partial charge < -0.3 is 25.2 Å². The summed E-state index contributed by atoms with van der Waals surface area (Å²) in [5.74, 6) is 0.0574. The van der Waals surface area contributed by atoms with Gasteiger partial charge in [-0.05, 0) is 6.92 Å². The molecule has 1 amide bonds. The second-order valence-electron chi connectivity index (χ2n) is 4.37. The fourth-order valence-electron chi connectivity index (χ4n) is 1.67. The third-order valence-corrected chi connectivity index (χ3v) is 2.59. The van der Waals surface area contributed by atoms with Gasteiger partial charge in [0.25, 0.3) is 0 Å². The van der Waals surface area contributed by atoms with E-state index in [1.54, 1.807) is 7.11 Å². The number of nitrogens with one attached hydrogen (secondary N) is 2. The topological polar surface area (TPSA) is 79.8 Å². The zero-order chi connectivity index (χ0) is 12.7. The Kier molecular flexibility index (Phi) is 6.43. The Balaban J connectivity index is 2.04. The molecule has 6 heteroatoms. The van der Waals surface area contributed by atoms with Crippen LogP contribution in [0.5, 0.6) is 0 Å². The highest BCUT2D eigenvalue weighted by molar-refractivity contribution is 5.78. The maximum Gasteiger partial charge on any atom is 0.221 e. The molecule has 3 atom stereocenters. The van der Waals surface area contributed by atoms with Gasteiger partial charge in [-0.3, -0.25) is 4.79 Å². The van der Waals surface area contributed by atoms with Gasteiger partial charge in [0.05, 0.1) is 25.4 Å². The molecular formula is C11H22N2O4. The van der Waals surface area contributed by atoms with Crippen LogP contribution in [0.4, 0.5) is 0 Å². The van der Waals surface area contributed by atoms with E-state index in [1.165, 1.54) is 0 Å². The van der Waals surface area contributed by atoms with Gasteiger partial charge in [-0.1, -0.05) is 0 Å². The van der Waals surface area contributed by atoms with Gasteiger partial charge in [0.15, 0.2) is 0 Å². The molecule has 1 rings (SSSR count). The molecule has 3 N–H and O–H groups in total. The summed E-state index contributed by atoms with van der Waals surface area (Å²) in [7, 11) is 1.61. The molecule has 1 aliphatic heterocycles. The molecule has 6 nitrogen and oxygen atoms in total. The van der Waals surface area contributed by atoms with Crippen LogP contribution in [0, 0.1) is 0 Å². The molecule has 0 aromatic rings. The predicted octanol–water partition coefficient (Wildman–Crippen LogP) is -1.12. The van der Waals surface area contributed by atoms with Gasteiger partial charge in [-0.2, -0.15) is 0 Å². The van der Waals surface area contributed by atoms with Gasteiger partial charge in [0, 0.05) is 32.7 Å². The van der Waals surface area contributed by atoms with E-state index < -0.39 is 6.10 Å². The number of hydrogen-bond acceptors (Lipinski definition) is 5. The molecule has 0 saturated carbocycles. The Morgan fingerprint density at radius 3 is 2.94 bits per heavy atom. The molecule has 0 aliphatic carbocycles. The van der Waals surface area contributed by atoms with Crippen molar-refractivity contribution in [2.24, 2.45) is 0 Å². The number of aliphatic hydroxyl groups is 1. The highest BCUT2D eigenvalue weighted by Crippen LogP contribution is 1.99. The summed E-state index contributed by atoms with van der Waals surface area (Å²) >= 11 is 0. The SMILES string of the molecule is COCC(C)OCC(O)CNC1CNC(=O)C1. The molecule has 3 unspecified atom stereocenters. The Morgan fingerprint density at radius 2 is 2.35 bits per heavy atom. The standard InChI is InChI=1S/C11H22N2O4/c1-8(6-16-2)17-7-10(14)5-12-9-3-11(15)13-4-9/h8-10,12,14H,3-7H2,1-2H3,(H,13,15). The lowest BCUT2D eigenvalue weighted by molar-refractivity contribution is -0.119. The van der Waals surface area contributed by atoms with Crippen molar-refractivity contribution < 1.29 is 19.4 Å². The van der Waals surface area contributed by atoms with Crippen LogP contribution in [0.2, 0.25) is 0 Å². The molecule has 17 heavy (non-hydrogen) atoms. The first kappa shape index (κ1) is 14.4. The number of carbonyl (C=O) groups excluding carboxylic acids is 1. The zero-order valence-corrected chi connectivity index (χ0v) is 10.4. The third-order valence-electron chi connectivity index (χ3n) is 2.59. The van der Waals surface area contributed by atoms with Crippen molar-refractivity contribution in [1.29, 1.82) is 0 Å². The van der Waals surface area contributed by atoms with Crippen molar-refractivity contribution in [3.05, 3.63) is 0 Å². The van der Waals surface area contributed by atoms with E-state index in [9.17, 15) is 9.90 Å². The number of methoxy groups -OCH3 is 1. The minimum Gasteiger partial charge on any atom is -0.389 e. The van der Waals surface area contributed by atoms with Crippen LogP contribution in [0.1, 0.15) is 13.3 Å². The second-order valence-corrected chi connectivity index (χ2v) is 4.37. The van der Waals surface area contributed by atoms with E-state index in [4.69, 9.17) is 9.47 Å². The van der Waals surface area contributed by atoms with Crippen LogP contribution >= 0.6 is 0 Å². The third kappa shape index (κ3) is 5.97. The number of amides is 1. The normalized spacial score (nSPS) is 23.5. The Hall–Kier alpha value is -0.690. The summed E-state index contributed by atoms with van der Waals surface area (Å²) < 4.78 is 10.3. The molecule has 0 spiro atoms. The lowest BCUT2D eigenvalue weighted by atomic mass is 10.2. The molecule has 1 heterocycles. The van der Waals surface area contributed by atoms with Gasteiger partial charge in [-0.25, -0.2) is 0 Å². The number of ether oxygens (including phenoxy) is 2. The summed E-state index contributed by atoms with van der Waals surface area (Å²) in [6.45, 7) is 3.74. The summed E-state index contributed by atoms with van der Waals surface area (Å²) in [6.07, 6.45) is -0.109. The molecule has 1 saturated heterocycles. The smallest absolute Gasteiger partial charge is 0.221 e. The number of carbonyl (C=O) groups is 1. The van der Waals surface area contributed by atoms with Crippen LogP contribution in [-0.2, 0) is 14.3 Å². The first-order valence-corrected chi connectivity index (χ1v) is 5.90. The summed E-state index contributed by atoms with van der Waals surface area (Å²) in [5.41, 5.74) is 0. The molecule has 0 aromatic carbocycles. The maximum absolute atomic E-state index is 10.9. The van der Waals surface area contributed by atoms with Crippen LogP contribution in [0.3, 0.4) is 0 Å². The lowest BCUT2D eigenvalue weighted by Crippen LogP contribution is -2.39. The summed E-state index contributed by atoms with van der Waals surface area (Å²) in [5, 5.41) is 15.5.